The van der Waals surface area contributed by atoms with Crippen molar-refractivity contribution in [3.63, 3.8) is 0 Å². The van der Waals surface area contributed by atoms with E-state index >= 15 is 0 Å². The maximum absolute atomic E-state index is 12.1. The number of carbonyl (C=O) groups excluding carboxylic acids is 3. The van der Waals surface area contributed by atoms with E-state index in [-0.39, 0.29) is 23.6 Å². The summed E-state index contributed by atoms with van der Waals surface area (Å²) in [7, 11) is 0. The van der Waals surface area contributed by atoms with Crippen molar-refractivity contribution in [2.24, 2.45) is 23.0 Å². The van der Waals surface area contributed by atoms with Gasteiger partial charge in [0.25, 0.3) is 0 Å². The van der Waals surface area contributed by atoms with Crippen LogP contribution in [-0.2, 0) is 14.4 Å². The molecule has 0 aliphatic carbocycles. The van der Waals surface area contributed by atoms with E-state index in [2.05, 4.69) is 5.32 Å². The highest BCUT2D eigenvalue weighted by Gasteiger charge is 2.45. The third-order valence-corrected chi connectivity index (χ3v) is 2.95. The molecule has 0 spiro atoms. The molecule has 1 aliphatic rings. The second-order valence-electron chi connectivity index (χ2n) is 5.89. The Kier molecular flexibility index (Phi) is 5.50. The number of Topliss-reactive ketones (excluding diaryl/α,β-unsaturated/α-hetero) is 1. The molecule has 1 fully saturated rings. The predicted octanol–water partition coefficient (Wildman–Crippen LogP) is 0.649. The summed E-state index contributed by atoms with van der Waals surface area (Å²) in [6.07, 6.45) is 0.497. The van der Waals surface area contributed by atoms with Crippen LogP contribution >= 0.6 is 12.4 Å². The maximum Gasteiger partial charge on any atom is 0.238 e. The van der Waals surface area contributed by atoms with Crippen LogP contribution in [0, 0.1) is 17.3 Å². The van der Waals surface area contributed by atoms with E-state index in [9.17, 15) is 14.4 Å². The van der Waals surface area contributed by atoms with Gasteiger partial charge in [0, 0.05) is 0 Å². The van der Waals surface area contributed by atoms with Gasteiger partial charge < -0.3 is 5.73 Å². The van der Waals surface area contributed by atoms with E-state index < -0.39 is 29.7 Å². The molecule has 0 aromatic carbocycles. The lowest BCUT2D eigenvalue weighted by atomic mass is 9.81. The summed E-state index contributed by atoms with van der Waals surface area (Å²) in [5, 5.41) is 2.16. The minimum absolute atomic E-state index is 0. The second kappa shape index (κ2) is 5.80. The molecule has 0 radical (unpaired) electrons. The first-order valence-corrected chi connectivity index (χ1v) is 5.77. The van der Waals surface area contributed by atoms with Crippen LogP contribution in [0.15, 0.2) is 0 Å². The van der Waals surface area contributed by atoms with Gasteiger partial charge in [-0.25, -0.2) is 0 Å². The van der Waals surface area contributed by atoms with Gasteiger partial charge in [-0.05, 0) is 11.8 Å². The molecule has 0 aromatic rings. The number of carbonyl (C=O) groups is 3. The molecule has 3 atom stereocenters. The third kappa shape index (κ3) is 3.78. The van der Waals surface area contributed by atoms with Crippen molar-refractivity contribution in [2.75, 3.05) is 0 Å². The summed E-state index contributed by atoms with van der Waals surface area (Å²) in [6.45, 7) is 7.50. The first kappa shape index (κ1) is 17.1. The fourth-order valence-electron chi connectivity index (χ4n) is 2.06. The van der Waals surface area contributed by atoms with Crippen molar-refractivity contribution in [1.82, 2.24) is 5.32 Å². The normalized spacial score (nSPS) is 25.4. The molecular weight excluding hydrogens is 256 g/mol. The lowest BCUT2D eigenvalue weighted by Crippen LogP contribution is -2.42. The van der Waals surface area contributed by atoms with Crippen LogP contribution in [-0.4, -0.2) is 23.6 Å². The van der Waals surface area contributed by atoms with Crippen LogP contribution in [0.25, 0.3) is 0 Å². The highest BCUT2D eigenvalue weighted by Crippen LogP contribution is 2.25. The minimum atomic E-state index is -0.917. The van der Waals surface area contributed by atoms with Gasteiger partial charge in [-0.1, -0.05) is 27.7 Å². The lowest BCUT2D eigenvalue weighted by molar-refractivity contribution is -0.134. The topological polar surface area (TPSA) is 89.3 Å². The van der Waals surface area contributed by atoms with E-state index in [4.69, 9.17) is 5.73 Å². The molecular formula is C12H21ClN2O3. The Morgan fingerprint density at radius 1 is 1.33 bits per heavy atom. The number of hydrogen-bond acceptors (Lipinski definition) is 4. The van der Waals surface area contributed by atoms with Gasteiger partial charge in [-0.15, -0.1) is 12.4 Å². The maximum atomic E-state index is 12.1. The highest BCUT2D eigenvalue weighted by atomic mass is 35.5. The van der Waals surface area contributed by atoms with Gasteiger partial charge in [0.05, 0.1) is 12.0 Å². The van der Waals surface area contributed by atoms with Crippen molar-refractivity contribution in [2.45, 2.75) is 40.2 Å². The zero-order chi connectivity index (χ0) is 13.4. The zero-order valence-corrected chi connectivity index (χ0v) is 12.0. The van der Waals surface area contributed by atoms with Crippen LogP contribution in [0.2, 0.25) is 0 Å². The van der Waals surface area contributed by atoms with Gasteiger partial charge in [-0.2, -0.15) is 0 Å². The molecule has 0 aromatic heterocycles. The first-order valence-electron chi connectivity index (χ1n) is 5.77. The fraction of sp³-hybridized carbons (Fsp3) is 0.750. The van der Waals surface area contributed by atoms with Gasteiger partial charge >= 0.3 is 0 Å². The summed E-state index contributed by atoms with van der Waals surface area (Å²) in [5.74, 6) is -2.77. The smallest absolute Gasteiger partial charge is 0.238 e. The molecule has 6 heteroatoms. The first-order chi connectivity index (χ1) is 7.63. The summed E-state index contributed by atoms with van der Waals surface area (Å²) >= 11 is 0. The van der Waals surface area contributed by atoms with E-state index in [1.54, 1.807) is 6.92 Å². The summed E-state index contributed by atoms with van der Waals surface area (Å²) in [6, 6.07) is -0.695. The minimum Gasteiger partial charge on any atom is -0.321 e. The number of rotatable bonds is 3. The molecule has 0 bridgehead atoms. The number of hydrogen-bond donors (Lipinski definition) is 2. The molecule has 1 heterocycles. The van der Waals surface area contributed by atoms with Gasteiger partial charge in [0.15, 0.2) is 5.78 Å². The van der Waals surface area contributed by atoms with Crippen molar-refractivity contribution in [1.29, 1.82) is 0 Å². The summed E-state index contributed by atoms with van der Waals surface area (Å²) < 4.78 is 0. The number of halogens is 1. The summed E-state index contributed by atoms with van der Waals surface area (Å²) in [4.78, 5) is 34.8. The quantitative estimate of drug-likeness (QED) is 0.585. The average molecular weight is 277 g/mol. The number of imide groups is 1. The Balaban J connectivity index is 0.00000289. The molecule has 3 N–H and O–H groups in total. The Morgan fingerprint density at radius 2 is 1.83 bits per heavy atom. The number of amides is 2. The third-order valence-electron chi connectivity index (χ3n) is 2.95. The van der Waals surface area contributed by atoms with Crippen LogP contribution < -0.4 is 11.1 Å². The molecule has 104 valence electrons. The second-order valence-corrected chi connectivity index (χ2v) is 5.89. The van der Waals surface area contributed by atoms with E-state index in [1.165, 1.54) is 0 Å². The molecule has 0 saturated carbocycles. The summed E-state index contributed by atoms with van der Waals surface area (Å²) in [5.41, 5.74) is 5.73. The SMILES string of the molecule is C[C@@H]1C(=O)NC(=O)[C@H]1C(=O)[C@@H](N)CC(C)(C)C.Cl. The Morgan fingerprint density at radius 3 is 2.17 bits per heavy atom. The Labute approximate surface area is 113 Å². The highest BCUT2D eigenvalue weighted by molar-refractivity contribution is 6.16. The van der Waals surface area contributed by atoms with Crippen molar-refractivity contribution >= 4 is 30.0 Å². The van der Waals surface area contributed by atoms with Crippen LogP contribution in [0.1, 0.15) is 34.1 Å². The number of ketones is 1. The lowest BCUT2D eigenvalue weighted by Gasteiger charge is -2.24. The van der Waals surface area contributed by atoms with Gasteiger partial charge in [-0.3, -0.25) is 19.7 Å². The van der Waals surface area contributed by atoms with Crippen LogP contribution in [0.5, 0.6) is 0 Å². The fourth-order valence-corrected chi connectivity index (χ4v) is 2.06. The molecule has 1 saturated heterocycles. The van der Waals surface area contributed by atoms with Gasteiger partial charge in [0.1, 0.15) is 5.92 Å². The Bertz CT molecular complexity index is 363. The predicted molar refractivity (Wildman–Crippen MR) is 70.1 cm³/mol. The molecule has 18 heavy (non-hydrogen) atoms. The standard InChI is InChI=1S/C12H20N2O3.ClH/c1-6-8(11(17)14-10(6)16)9(15)7(13)5-12(2,3)4;/h6-8H,5,13H2,1-4H3,(H,14,16,17);1H/t6-,7-,8+;/m0./s1. The van der Waals surface area contributed by atoms with E-state index in [0.29, 0.717) is 6.42 Å². The zero-order valence-electron chi connectivity index (χ0n) is 11.1. The number of nitrogens with one attached hydrogen (secondary N) is 1. The number of nitrogens with two attached hydrogens (primary N) is 1. The Hall–Kier alpha value is -0.940. The van der Waals surface area contributed by atoms with Crippen molar-refractivity contribution < 1.29 is 14.4 Å². The molecule has 1 rings (SSSR count). The van der Waals surface area contributed by atoms with E-state index in [1.807, 2.05) is 20.8 Å². The monoisotopic (exact) mass is 276 g/mol. The molecule has 5 nitrogen and oxygen atoms in total. The molecule has 2 amide bonds. The van der Waals surface area contributed by atoms with Crippen molar-refractivity contribution in [3.05, 3.63) is 0 Å². The van der Waals surface area contributed by atoms with Crippen molar-refractivity contribution in [3.8, 4) is 0 Å². The van der Waals surface area contributed by atoms with E-state index in [0.717, 1.165) is 0 Å². The molecule has 1 aliphatic heterocycles. The van der Waals surface area contributed by atoms with Crippen LogP contribution in [0.4, 0.5) is 0 Å². The average Bonchev–Trinajstić information content (AvgIpc) is 2.37. The van der Waals surface area contributed by atoms with Crippen LogP contribution in [0.3, 0.4) is 0 Å². The largest absolute Gasteiger partial charge is 0.321 e. The van der Waals surface area contributed by atoms with Gasteiger partial charge in [0.2, 0.25) is 11.8 Å². The molecule has 0 unspecified atom stereocenters.